The van der Waals surface area contributed by atoms with Crippen LogP contribution in [0.4, 0.5) is 5.69 Å². The molecule has 108 valence electrons. The molecule has 0 atom stereocenters. The van der Waals surface area contributed by atoms with Gasteiger partial charge in [0.15, 0.2) is 4.80 Å². The highest BCUT2D eigenvalue weighted by atomic mass is 35.5. The van der Waals surface area contributed by atoms with Gasteiger partial charge in [-0.1, -0.05) is 17.7 Å². The van der Waals surface area contributed by atoms with E-state index in [1.807, 2.05) is 37.3 Å². The number of rotatable bonds is 3. The summed E-state index contributed by atoms with van der Waals surface area (Å²) in [7, 11) is 0. The van der Waals surface area contributed by atoms with Crippen LogP contribution in [-0.2, 0) is 6.54 Å². The minimum Gasteiger partial charge on any atom is -0.467 e. The number of aryl methyl sites for hydroxylation is 2. The maximum absolute atomic E-state index is 6.16. The van der Waals surface area contributed by atoms with E-state index in [4.69, 9.17) is 21.0 Å². The first-order valence-corrected chi connectivity index (χ1v) is 7.87. The minimum absolute atomic E-state index is 0.681. The quantitative estimate of drug-likeness (QED) is 0.689. The number of hydrogen-bond donors (Lipinski definition) is 0. The fourth-order valence-electron chi connectivity index (χ4n) is 2.02. The lowest BCUT2D eigenvalue weighted by molar-refractivity contribution is 0.488. The van der Waals surface area contributed by atoms with Crippen LogP contribution in [0, 0.1) is 13.8 Å². The maximum atomic E-state index is 6.16. The number of thiazole rings is 1. The van der Waals surface area contributed by atoms with Crippen molar-refractivity contribution >= 4 is 28.6 Å². The SMILES string of the molecule is Cc1ccc(N=c2scc(C)n2Cc2ccco2)cc1Cl. The smallest absolute Gasteiger partial charge is 0.190 e. The first kappa shape index (κ1) is 14.2. The summed E-state index contributed by atoms with van der Waals surface area (Å²) >= 11 is 7.78. The van der Waals surface area contributed by atoms with Crippen molar-refractivity contribution in [2.45, 2.75) is 20.4 Å². The number of halogens is 1. The topological polar surface area (TPSA) is 30.4 Å². The lowest BCUT2D eigenvalue weighted by Gasteiger charge is -2.04. The van der Waals surface area contributed by atoms with Gasteiger partial charge in [0.2, 0.25) is 0 Å². The zero-order valence-corrected chi connectivity index (χ0v) is 13.4. The van der Waals surface area contributed by atoms with E-state index in [-0.39, 0.29) is 0 Å². The lowest BCUT2D eigenvalue weighted by atomic mass is 10.2. The van der Waals surface area contributed by atoms with Gasteiger partial charge in [-0.3, -0.25) is 0 Å². The van der Waals surface area contributed by atoms with Gasteiger partial charge in [-0.05, 0) is 43.7 Å². The number of nitrogens with zero attached hydrogens (tertiary/aromatic N) is 2. The Morgan fingerprint density at radius 1 is 1.29 bits per heavy atom. The van der Waals surface area contributed by atoms with Crippen LogP contribution in [0.25, 0.3) is 0 Å². The second-order valence-corrected chi connectivity index (χ2v) is 6.11. The van der Waals surface area contributed by atoms with Crippen molar-refractivity contribution in [2.75, 3.05) is 0 Å². The molecule has 1 aromatic carbocycles. The van der Waals surface area contributed by atoms with Crippen molar-refractivity contribution in [1.82, 2.24) is 4.57 Å². The molecule has 3 aromatic rings. The number of aromatic nitrogens is 1. The van der Waals surface area contributed by atoms with Crippen LogP contribution in [0.5, 0.6) is 0 Å². The Morgan fingerprint density at radius 3 is 2.86 bits per heavy atom. The molecule has 0 aliphatic carbocycles. The van der Waals surface area contributed by atoms with Gasteiger partial charge in [-0.25, -0.2) is 4.99 Å². The zero-order valence-electron chi connectivity index (χ0n) is 11.8. The first-order valence-electron chi connectivity index (χ1n) is 6.61. The van der Waals surface area contributed by atoms with Gasteiger partial charge in [-0.15, -0.1) is 11.3 Å². The van der Waals surface area contributed by atoms with Gasteiger partial charge in [0.05, 0.1) is 18.5 Å². The van der Waals surface area contributed by atoms with Crippen molar-refractivity contribution in [1.29, 1.82) is 0 Å². The molecule has 0 saturated carbocycles. The Morgan fingerprint density at radius 2 is 2.14 bits per heavy atom. The molecule has 0 amide bonds. The number of hydrogen-bond acceptors (Lipinski definition) is 3. The van der Waals surface area contributed by atoms with E-state index in [1.54, 1.807) is 17.6 Å². The summed E-state index contributed by atoms with van der Waals surface area (Å²) in [6, 6.07) is 9.72. The number of furan rings is 1. The van der Waals surface area contributed by atoms with E-state index in [9.17, 15) is 0 Å². The van der Waals surface area contributed by atoms with Gasteiger partial charge in [0, 0.05) is 16.1 Å². The molecule has 0 unspecified atom stereocenters. The van der Waals surface area contributed by atoms with Crippen LogP contribution >= 0.6 is 22.9 Å². The molecule has 0 bridgehead atoms. The standard InChI is InChI=1S/C16H15ClN2OS/c1-11-5-6-13(8-15(11)17)18-16-19(12(2)10-21-16)9-14-4-3-7-20-14/h3-8,10H,9H2,1-2H3. The Labute approximate surface area is 132 Å². The number of benzene rings is 1. The van der Waals surface area contributed by atoms with Crippen molar-refractivity contribution in [3.8, 4) is 0 Å². The second kappa shape index (κ2) is 5.92. The van der Waals surface area contributed by atoms with Gasteiger partial charge in [0.1, 0.15) is 5.76 Å². The third-order valence-corrected chi connectivity index (χ3v) is 4.65. The molecule has 0 N–H and O–H groups in total. The molecule has 0 aliphatic heterocycles. The molecule has 0 saturated heterocycles. The van der Waals surface area contributed by atoms with E-state index in [2.05, 4.69) is 16.9 Å². The van der Waals surface area contributed by atoms with Crippen LogP contribution in [0.15, 0.2) is 51.4 Å². The summed E-state index contributed by atoms with van der Waals surface area (Å²) in [5, 5.41) is 2.83. The lowest BCUT2D eigenvalue weighted by Crippen LogP contribution is -2.16. The van der Waals surface area contributed by atoms with Crippen LogP contribution in [0.1, 0.15) is 17.0 Å². The van der Waals surface area contributed by atoms with Gasteiger partial charge >= 0.3 is 0 Å². The molecule has 21 heavy (non-hydrogen) atoms. The highest BCUT2D eigenvalue weighted by molar-refractivity contribution is 7.07. The van der Waals surface area contributed by atoms with Crippen molar-refractivity contribution in [2.24, 2.45) is 4.99 Å². The van der Waals surface area contributed by atoms with Crippen LogP contribution in [-0.4, -0.2) is 4.57 Å². The van der Waals surface area contributed by atoms with Gasteiger partial charge in [0.25, 0.3) is 0 Å². The molecule has 2 heterocycles. The van der Waals surface area contributed by atoms with Crippen molar-refractivity contribution in [3.63, 3.8) is 0 Å². The van der Waals surface area contributed by atoms with E-state index in [0.29, 0.717) is 6.54 Å². The van der Waals surface area contributed by atoms with Gasteiger partial charge in [-0.2, -0.15) is 0 Å². The molecule has 0 spiro atoms. The highest BCUT2D eigenvalue weighted by Gasteiger charge is 2.05. The largest absolute Gasteiger partial charge is 0.467 e. The molecular weight excluding hydrogens is 304 g/mol. The molecule has 3 rings (SSSR count). The molecule has 2 aromatic heterocycles. The third-order valence-electron chi connectivity index (χ3n) is 3.27. The highest BCUT2D eigenvalue weighted by Crippen LogP contribution is 2.22. The van der Waals surface area contributed by atoms with Crippen LogP contribution < -0.4 is 4.80 Å². The van der Waals surface area contributed by atoms with Crippen LogP contribution in [0.2, 0.25) is 5.02 Å². The minimum atomic E-state index is 0.681. The summed E-state index contributed by atoms with van der Waals surface area (Å²) in [5.74, 6) is 0.917. The fourth-order valence-corrected chi connectivity index (χ4v) is 3.09. The molecule has 0 fully saturated rings. The second-order valence-electron chi connectivity index (χ2n) is 4.87. The Balaban J connectivity index is 2.02. The average molecular weight is 319 g/mol. The maximum Gasteiger partial charge on any atom is 0.190 e. The van der Waals surface area contributed by atoms with E-state index < -0.39 is 0 Å². The summed E-state index contributed by atoms with van der Waals surface area (Å²) in [6.07, 6.45) is 1.69. The third kappa shape index (κ3) is 3.12. The normalized spacial score (nSPS) is 12.0. The molecule has 3 nitrogen and oxygen atoms in total. The Hall–Kier alpha value is -1.78. The van der Waals surface area contributed by atoms with Crippen LogP contribution in [0.3, 0.4) is 0 Å². The predicted octanol–water partition coefficient (Wildman–Crippen LogP) is 4.69. The van der Waals surface area contributed by atoms with Gasteiger partial charge < -0.3 is 8.98 Å². The monoisotopic (exact) mass is 318 g/mol. The summed E-state index contributed by atoms with van der Waals surface area (Å²) in [6.45, 7) is 4.74. The molecular formula is C16H15ClN2OS. The Kier molecular flexibility index (Phi) is 3.99. The van der Waals surface area contributed by atoms with Crippen molar-refractivity contribution < 1.29 is 4.42 Å². The fraction of sp³-hybridized carbons (Fsp3) is 0.188. The average Bonchev–Trinajstić information content (AvgIpc) is 3.08. The predicted molar refractivity (Wildman–Crippen MR) is 86.3 cm³/mol. The van der Waals surface area contributed by atoms with E-state index in [1.165, 1.54) is 0 Å². The van der Waals surface area contributed by atoms with Crippen molar-refractivity contribution in [3.05, 3.63) is 68.8 Å². The van der Waals surface area contributed by atoms with E-state index >= 15 is 0 Å². The Bertz CT molecular complexity index is 815. The summed E-state index contributed by atoms with van der Waals surface area (Å²) in [4.78, 5) is 5.63. The molecule has 5 heteroatoms. The molecule has 0 aliphatic rings. The summed E-state index contributed by atoms with van der Waals surface area (Å²) in [5.41, 5.74) is 3.08. The first-order chi connectivity index (χ1) is 10.1. The molecule has 0 radical (unpaired) electrons. The zero-order chi connectivity index (χ0) is 14.8. The summed E-state index contributed by atoms with van der Waals surface area (Å²) < 4.78 is 7.56. The van der Waals surface area contributed by atoms with E-state index in [0.717, 1.165) is 32.5 Å².